The predicted molar refractivity (Wildman–Crippen MR) is 111 cm³/mol. The molecule has 2 N–H and O–H groups in total. The summed E-state index contributed by atoms with van der Waals surface area (Å²) in [5.74, 6) is -0.537. The molecule has 3 amide bonds. The second-order valence-electron chi connectivity index (χ2n) is 7.64. The molecule has 1 saturated heterocycles. The number of ether oxygens (including phenoxy) is 1. The van der Waals surface area contributed by atoms with Crippen molar-refractivity contribution < 1.29 is 19.1 Å². The highest BCUT2D eigenvalue weighted by atomic mass is 32.1. The number of aromatic nitrogens is 1. The van der Waals surface area contributed by atoms with Crippen molar-refractivity contribution in [3.63, 3.8) is 0 Å². The van der Waals surface area contributed by atoms with E-state index in [9.17, 15) is 14.4 Å². The number of amides is 3. The molecule has 2 heterocycles. The summed E-state index contributed by atoms with van der Waals surface area (Å²) in [6, 6.07) is 0.0757. The number of carbonyl (C=O) groups excluding carboxylic acids is 3. The van der Waals surface area contributed by atoms with Crippen LogP contribution in [0.4, 0.5) is 5.13 Å². The molecule has 1 saturated carbocycles. The maximum atomic E-state index is 12.9. The minimum absolute atomic E-state index is 0.0460. The Morgan fingerprint density at radius 1 is 1.10 bits per heavy atom. The molecular formula is C20H30N4O4S. The summed E-state index contributed by atoms with van der Waals surface area (Å²) < 4.78 is 5.54. The second kappa shape index (κ2) is 11.3. The maximum Gasteiger partial charge on any atom is 0.239 e. The van der Waals surface area contributed by atoms with Gasteiger partial charge in [0, 0.05) is 43.6 Å². The molecule has 1 atom stereocenters. The Morgan fingerprint density at radius 3 is 2.62 bits per heavy atom. The molecule has 8 nitrogen and oxygen atoms in total. The molecule has 3 rings (SSSR count). The highest BCUT2D eigenvalue weighted by molar-refractivity contribution is 7.13. The fraction of sp³-hybridized carbons (Fsp3) is 0.700. The molecule has 0 spiro atoms. The molecule has 0 radical (unpaired) electrons. The summed E-state index contributed by atoms with van der Waals surface area (Å²) in [4.78, 5) is 43.1. The van der Waals surface area contributed by atoms with Crippen LogP contribution < -0.4 is 10.6 Å². The molecular weight excluding hydrogens is 392 g/mol. The molecule has 2 aliphatic rings. The van der Waals surface area contributed by atoms with Gasteiger partial charge in [-0.3, -0.25) is 14.4 Å². The van der Waals surface area contributed by atoms with E-state index >= 15 is 0 Å². The van der Waals surface area contributed by atoms with Crippen molar-refractivity contribution in [2.45, 2.75) is 69.9 Å². The Bertz CT molecular complexity index is 670. The van der Waals surface area contributed by atoms with Crippen molar-refractivity contribution in [1.29, 1.82) is 0 Å². The highest BCUT2D eigenvalue weighted by Crippen LogP contribution is 2.23. The molecule has 0 aromatic carbocycles. The molecule has 9 heteroatoms. The van der Waals surface area contributed by atoms with Crippen LogP contribution in [0.15, 0.2) is 11.6 Å². The van der Waals surface area contributed by atoms with Crippen molar-refractivity contribution in [1.82, 2.24) is 15.2 Å². The average molecular weight is 423 g/mol. The Balaban J connectivity index is 1.50. The van der Waals surface area contributed by atoms with Gasteiger partial charge in [-0.05, 0) is 25.7 Å². The van der Waals surface area contributed by atoms with Crippen molar-refractivity contribution in [2.75, 3.05) is 25.0 Å². The van der Waals surface area contributed by atoms with Crippen LogP contribution in [-0.2, 0) is 19.1 Å². The SMILES string of the molecule is O=C(CN(C(=O)CCC(=O)Nc1nccs1)C1CCCCC1)NCC1CCCO1. The highest BCUT2D eigenvalue weighted by Gasteiger charge is 2.28. The first kappa shape index (κ1) is 21.7. The third-order valence-corrected chi connectivity index (χ3v) is 6.13. The lowest BCUT2D eigenvalue weighted by molar-refractivity contribution is -0.139. The average Bonchev–Trinajstić information content (AvgIpc) is 3.43. The van der Waals surface area contributed by atoms with Crippen LogP contribution in [0, 0.1) is 0 Å². The van der Waals surface area contributed by atoms with E-state index in [4.69, 9.17) is 4.74 Å². The summed E-state index contributed by atoms with van der Waals surface area (Å²) in [5, 5.41) is 7.90. The lowest BCUT2D eigenvalue weighted by atomic mass is 9.94. The summed E-state index contributed by atoms with van der Waals surface area (Å²) >= 11 is 1.34. The van der Waals surface area contributed by atoms with E-state index in [1.54, 1.807) is 16.5 Å². The van der Waals surface area contributed by atoms with Crippen molar-refractivity contribution >= 4 is 34.2 Å². The van der Waals surface area contributed by atoms with Gasteiger partial charge in [-0.2, -0.15) is 0 Å². The smallest absolute Gasteiger partial charge is 0.239 e. The van der Waals surface area contributed by atoms with E-state index in [1.807, 2.05) is 0 Å². The number of rotatable bonds is 9. The lowest BCUT2D eigenvalue weighted by Gasteiger charge is -2.34. The minimum atomic E-state index is -0.236. The first-order chi connectivity index (χ1) is 14.1. The number of thiazole rings is 1. The van der Waals surface area contributed by atoms with Crippen LogP contribution >= 0.6 is 11.3 Å². The van der Waals surface area contributed by atoms with Crippen molar-refractivity contribution in [3.8, 4) is 0 Å². The van der Waals surface area contributed by atoms with Crippen LogP contribution in [-0.4, -0.2) is 59.4 Å². The van der Waals surface area contributed by atoms with Crippen molar-refractivity contribution in [2.24, 2.45) is 0 Å². The topological polar surface area (TPSA) is 101 Å². The maximum absolute atomic E-state index is 12.9. The fourth-order valence-electron chi connectivity index (χ4n) is 3.89. The zero-order valence-corrected chi connectivity index (χ0v) is 17.5. The Hall–Kier alpha value is -2.00. The molecule has 1 aliphatic carbocycles. The second-order valence-corrected chi connectivity index (χ2v) is 8.53. The van der Waals surface area contributed by atoms with Gasteiger partial charge in [0.25, 0.3) is 0 Å². The molecule has 1 aromatic rings. The van der Waals surface area contributed by atoms with Gasteiger partial charge in [-0.15, -0.1) is 11.3 Å². The number of carbonyl (C=O) groups is 3. The first-order valence-corrected chi connectivity index (χ1v) is 11.4. The number of nitrogens with one attached hydrogen (secondary N) is 2. The van der Waals surface area contributed by atoms with Crippen LogP contribution in [0.2, 0.25) is 0 Å². The van der Waals surface area contributed by atoms with Gasteiger partial charge in [-0.25, -0.2) is 4.98 Å². The molecule has 2 fully saturated rings. The molecule has 160 valence electrons. The summed E-state index contributed by atoms with van der Waals surface area (Å²) in [6.07, 6.45) is 8.97. The van der Waals surface area contributed by atoms with Gasteiger partial charge in [0.2, 0.25) is 17.7 Å². The summed E-state index contributed by atoms with van der Waals surface area (Å²) in [5.41, 5.74) is 0. The zero-order valence-electron chi connectivity index (χ0n) is 16.7. The van der Waals surface area contributed by atoms with E-state index in [-0.39, 0.29) is 49.3 Å². The zero-order chi connectivity index (χ0) is 20.5. The molecule has 1 aliphatic heterocycles. The standard InChI is InChI=1S/C20H30N4O4S/c25-17(23-20-21-10-12-29-20)8-9-19(27)24(15-5-2-1-3-6-15)14-18(26)22-13-16-7-4-11-28-16/h10,12,15-16H,1-9,11,13-14H2,(H,22,26)(H,21,23,25). The normalized spacial score (nSPS) is 19.7. The van der Waals surface area contributed by atoms with Gasteiger partial charge in [0.15, 0.2) is 5.13 Å². The quantitative estimate of drug-likeness (QED) is 0.636. The van der Waals surface area contributed by atoms with Gasteiger partial charge in [0.1, 0.15) is 0 Å². The van der Waals surface area contributed by atoms with Gasteiger partial charge < -0.3 is 20.3 Å². The van der Waals surface area contributed by atoms with Gasteiger partial charge in [0.05, 0.1) is 12.6 Å². The Morgan fingerprint density at radius 2 is 1.93 bits per heavy atom. The van der Waals surface area contributed by atoms with E-state index in [0.29, 0.717) is 11.7 Å². The van der Waals surface area contributed by atoms with Crippen molar-refractivity contribution in [3.05, 3.63) is 11.6 Å². The van der Waals surface area contributed by atoms with E-state index in [0.717, 1.165) is 45.1 Å². The number of anilines is 1. The van der Waals surface area contributed by atoms with E-state index in [2.05, 4.69) is 15.6 Å². The number of hydrogen-bond acceptors (Lipinski definition) is 6. The predicted octanol–water partition coefficient (Wildman–Crippen LogP) is 2.32. The van der Waals surface area contributed by atoms with Crippen LogP contribution in [0.5, 0.6) is 0 Å². The number of hydrogen-bond donors (Lipinski definition) is 2. The molecule has 0 bridgehead atoms. The van der Waals surface area contributed by atoms with Gasteiger partial charge in [-0.1, -0.05) is 19.3 Å². The summed E-state index contributed by atoms with van der Waals surface area (Å²) in [6.45, 7) is 1.28. The lowest BCUT2D eigenvalue weighted by Crippen LogP contribution is -2.48. The molecule has 29 heavy (non-hydrogen) atoms. The minimum Gasteiger partial charge on any atom is -0.376 e. The fourth-order valence-corrected chi connectivity index (χ4v) is 4.43. The molecule has 1 unspecified atom stereocenters. The van der Waals surface area contributed by atoms with Crippen LogP contribution in [0.25, 0.3) is 0 Å². The van der Waals surface area contributed by atoms with Crippen LogP contribution in [0.1, 0.15) is 57.8 Å². The largest absolute Gasteiger partial charge is 0.376 e. The van der Waals surface area contributed by atoms with Crippen LogP contribution in [0.3, 0.4) is 0 Å². The third-order valence-electron chi connectivity index (χ3n) is 5.45. The monoisotopic (exact) mass is 422 g/mol. The van der Waals surface area contributed by atoms with E-state index < -0.39 is 0 Å². The molecule has 1 aromatic heterocycles. The third kappa shape index (κ3) is 7.08. The Kier molecular flexibility index (Phi) is 8.42. The number of nitrogens with zero attached hydrogens (tertiary/aromatic N) is 2. The first-order valence-electron chi connectivity index (χ1n) is 10.5. The Labute approximate surface area is 175 Å². The van der Waals surface area contributed by atoms with E-state index in [1.165, 1.54) is 17.8 Å². The van der Waals surface area contributed by atoms with Gasteiger partial charge >= 0.3 is 0 Å². The summed E-state index contributed by atoms with van der Waals surface area (Å²) in [7, 11) is 0.